The quantitative estimate of drug-likeness (QED) is 0.602. The van der Waals surface area contributed by atoms with Crippen LogP contribution in [0, 0.1) is 11.3 Å². The van der Waals surface area contributed by atoms with Gasteiger partial charge in [0.25, 0.3) is 0 Å². The fraction of sp³-hybridized carbons (Fsp3) is 1.00. The molecular weight excluding hydrogens is 262 g/mol. The number of nitrogens with zero attached hydrogens (tertiary/aromatic N) is 1. The summed E-state index contributed by atoms with van der Waals surface area (Å²) in [4.78, 5) is 2.68. The Labute approximate surface area is 110 Å². The SMILES string of the molecule is CCN(CC1CCC1)CC(CC)(CC)CBr. The monoisotopic (exact) mass is 289 g/mol. The minimum Gasteiger partial charge on any atom is -0.303 e. The van der Waals surface area contributed by atoms with E-state index in [2.05, 4.69) is 41.6 Å². The van der Waals surface area contributed by atoms with Gasteiger partial charge in [-0.2, -0.15) is 0 Å². The van der Waals surface area contributed by atoms with Gasteiger partial charge in [-0.25, -0.2) is 0 Å². The first-order valence-corrected chi connectivity index (χ1v) is 8.10. The summed E-state index contributed by atoms with van der Waals surface area (Å²) in [5.74, 6) is 1.00. The van der Waals surface area contributed by atoms with Crippen LogP contribution in [-0.2, 0) is 0 Å². The van der Waals surface area contributed by atoms with E-state index >= 15 is 0 Å². The van der Waals surface area contributed by atoms with E-state index in [1.54, 1.807) is 0 Å². The highest BCUT2D eigenvalue weighted by atomic mass is 79.9. The van der Waals surface area contributed by atoms with Gasteiger partial charge >= 0.3 is 0 Å². The molecular formula is C14H28BrN. The number of hydrogen-bond donors (Lipinski definition) is 0. The molecule has 0 heterocycles. The average molecular weight is 290 g/mol. The summed E-state index contributed by atoms with van der Waals surface area (Å²) in [7, 11) is 0. The summed E-state index contributed by atoms with van der Waals surface area (Å²) in [6.45, 7) is 10.8. The molecule has 0 aliphatic heterocycles. The van der Waals surface area contributed by atoms with Gasteiger partial charge in [0.1, 0.15) is 0 Å². The Hall–Kier alpha value is 0.440. The van der Waals surface area contributed by atoms with Crippen LogP contribution in [0.25, 0.3) is 0 Å². The van der Waals surface area contributed by atoms with E-state index in [0.29, 0.717) is 5.41 Å². The first kappa shape index (κ1) is 14.5. The van der Waals surface area contributed by atoms with E-state index in [-0.39, 0.29) is 0 Å². The molecule has 1 nitrogen and oxygen atoms in total. The molecule has 0 amide bonds. The van der Waals surface area contributed by atoms with Crippen LogP contribution in [0.15, 0.2) is 0 Å². The lowest BCUT2D eigenvalue weighted by molar-refractivity contribution is 0.122. The summed E-state index contributed by atoms with van der Waals surface area (Å²) < 4.78 is 0. The molecule has 0 atom stereocenters. The van der Waals surface area contributed by atoms with Crippen LogP contribution < -0.4 is 0 Å². The van der Waals surface area contributed by atoms with Crippen LogP contribution in [0.3, 0.4) is 0 Å². The largest absolute Gasteiger partial charge is 0.303 e. The van der Waals surface area contributed by atoms with Gasteiger partial charge in [0.05, 0.1) is 0 Å². The summed E-state index contributed by atoms with van der Waals surface area (Å²) in [5, 5.41) is 1.15. The lowest BCUT2D eigenvalue weighted by atomic mass is 9.82. The molecule has 0 spiro atoms. The zero-order valence-electron chi connectivity index (χ0n) is 11.3. The second-order valence-electron chi connectivity index (χ2n) is 5.47. The average Bonchev–Trinajstić information content (AvgIpc) is 2.28. The van der Waals surface area contributed by atoms with E-state index in [4.69, 9.17) is 0 Å². The van der Waals surface area contributed by atoms with Crippen LogP contribution >= 0.6 is 15.9 Å². The van der Waals surface area contributed by atoms with E-state index in [0.717, 1.165) is 11.2 Å². The Bertz CT molecular complexity index is 177. The molecule has 0 unspecified atom stereocenters. The van der Waals surface area contributed by atoms with Crippen molar-refractivity contribution in [3.63, 3.8) is 0 Å². The molecule has 1 aliphatic rings. The maximum atomic E-state index is 3.72. The molecule has 0 saturated heterocycles. The fourth-order valence-electron chi connectivity index (χ4n) is 2.53. The molecule has 0 N–H and O–H groups in total. The second-order valence-corrected chi connectivity index (χ2v) is 6.03. The normalized spacial score (nSPS) is 17.8. The van der Waals surface area contributed by atoms with E-state index in [1.807, 2.05) is 0 Å². The van der Waals surface area contributed by atoms with Gasteiger partial charge in [0.2, 0.25) is 0 Å². The molecule has 0 aromatic carbocycles. The highest BCUT2D eigenvalue weighted by molar-refractivity contribution is 9.09. The smallest absolute Gasteiger partial charge is 0.01000 e. The molecule has 2 heteroatoms. The molecule has 1 fully saturated rings. The summed E-state index contributed by atoms with van der Waals surface area (Å²) in [6, 6.07) is 0. The van der Waals surface area contributed by atoms with E-state index in [9.17, 15) is 0 Å². The first-order valence-electron chi connectivity index (χ1n) is 6.98. The Balaban J connectivity index is 2.45. The molecule has 0 aromatic rings. The fourth-order valence-corrected chi connectivity index (χ4v) is 3.50. The van der Waals surface area contributed by atoms with Crippen molar-refractivity contribution in [1.82, 2.24) is 4.90 Å². The van der Waals surface area contributed by atoms with Crippen LogP contribution in [-0.4, -0.2) is 29.9 Å². The zero-order valence-corrected chi connectivity index (χ0v) is 12.9. The molecule has 96 valence electrons. The zero-order chi connectivity index (χ0) is 12.0. The predicted molar refractivity (Wildman–Crippen MR) is 76.3 cm³/mol. The minimum atomic E-state index is 0.500. The van der Waals surface area contributed by atoms with Gasteiger partial charge < -0.3 is 4.90 Å². The van der Waals surface area contributed by atoms with Crippen molar-refractivity contribution in [1.29, 1.82) is 0 Å². The van der Waals surface area contributed by atoms with E-state index in [1.165, 1.54) is 51.7 Å². The number of rotatable bonds is 8. The summed E-state index contributed by atoms with van der Waals surface area (Å²) in [6.07, 6.45) is 6.98. The number of halogens is 1. The van der Waals surface area contributed by atoms with Gasteiger partial charge in [-0.3, -0.25) is 0 Å². The standard InChI is InChI=1S/C14H28BrN/c1-4-14(5-2,11-15)12-16(6-3)10-13-8-7-9-13/h13H,4-12H2,1-3H3. The van der Waals surface area contributed by atoms with Crippen molar-refractivity contribution in [2.24, 2.45) is 11.3 Å². The van der Waals surface area contributed by atoms with Crippen LogP contribution in [0.5, 0.6) is 0 Å². The minimum absolute atomic E-state index is 0.500. The topological polar surface area (TPSA) is 3.24 Å². The third-order valence-electron chi connectivity index (χ3n) is 4.53. The Morgan fingerprint density at radius 3 is 2.12 bits per heavy atom. The molecule has 1 aliphatic carbocycles. The van der Waals surface area contributed by atoms with Gasteiger partial charge in [-0.15, -0.1) is 0 Å². The van der Waals surface area contributed by atoms with Gasteiger partial charge in [0.15, 0.2) is 0 Å². The van der Waals surface area contributed by atoms with Gasteiger partial charge in [0, 0.05) is 18.4 Å². The summed E-state index contributed by atoms with van der Waals surface area (Å²) >= 11 is 3.72. The second kappa shape index (κ2) is 7.00. The van der Waals surface area contributed by atoms with Crippen molar-refractivity contribution >= 4 is 15.9 Å². The highest BCUT2D eigenvalue weighted by Crippen LogP contribution is 2.32. The maximum Gasteiger partial charge on any atom is 0.01000 e. The summed E-state index contributed by atoms with van der Waals surface area (Å²) in [5.41, 5.74) is 0.500. The van der Waals surface area contributed by atoms with Crippen molar-refractivity contribution in [3.8, 4) is 0 Å². The Morgan fingerprint density at radius 2 is 1.81 bits per heavy atom. The molecule has 16 heavy (non-hydrogen) atoms. The third-order valence-corrected chi connectivity index (χ3v) is 5.72. The predicted octanol–water partition coefficient (Wildman–Crippen LogP) is 4.31. The molecule has 0 radical (unpaired) electrons. The highest BCUT2D eigenvalue weighted by Gasteiger charge is 2.29. The van der Waals surface area contributed by atoms with Crippen LogP contribution in [0.4, 0.5) is 0 Å². The maximum absolute atomic E-state index is 3.72. The van der Waals surface area contributed by atoms with Crippen molar-refractivity contribution in [2.75, 3.05) is 25.0 Å². The van der Waals surface area contributed by atoms with Gasteiger partial charge in [-0.1, -0.05) is 43.1 Å². The van der Waals surface area contributed by atoms with Crippen molar-refractivity contribution < 1.29 is 0 Å². The van der Waals surface area contributed by atoms with Crippen molar-refractivity contribution in [3.05, 3.63) is 0 Å². The Morgan fingerprint density at radius 1 is 1.19 bits per heavy atom. The lowest BCUT2D eigenvalue weighted by Crippen LogP contribution is -2.41. The molecule has 1 saturated carbocycles. The molecule has 0 aromatic heterocycles. The van der Waals surface area contributed by atoms with Crippen molar-refractivity contribution in [2.45, 2.75) is 52.9 Å². The Kier molecular flexibility index (Phi) is 6.35. The number of hydrogen-bond acceptors (Lipinski definition) is 1. The lowest BCUT2D eigenvalue weighted by Gasteiger charge is -2.38. The van der Waals surface area contributed by atoms with E-state index < -0.39 is 0 Å². The van der Waals surface area contributed by atoms with Crippen LogP contribution in [0.2, 0.25) is 0 Å². The molecule has 1 rings (SSSR count). The van der Waals surface area contributed by atoms with Crippen LogP contribution in [0.1, 0.15) is 52.9 Å². The number of alkyl halides is 1. The molecule has 0 bridgehead atoms. The third kappa shape index (κ3) is 3.73. The van der Waals surface area contributed by atoms with Gasteiger partial charge in [-0.05, 0) is 43.6 Å². The first-order chi connectivity index (χ1) is 7.69.